The van der Waals surface area contributed by atoms with Crippen molar-refractivity contribution in [2.45, 2.75) is 25.9 Å². The molecule has 1 aliphatic heterocycles. The lowest BCUT2D eigenvalue weighted by Crippen LogP contribution is -2.40. The Morgan fingerprint density at radius 2 is 1.49 bits per heavy atom. The highest BCUT2D eigenvalue weighted by Crippen LogP contribution is 2.25. The predicted octanol–water partition coefficient (Wildman–Crippen LogP) is 4.16. The van der Waals surface area contributed by atoms with Crippen LogP contribution in [0.15, 0.2) is 78.9 Å². The molecule has 35 heavy (non-hydrogen) atoms. The lowest BCUT2D eigenvalue weighted by atomic mass is 10.1. The van der Waals surface area contributed by atoms with Crippen LogP contribution in [0, 0.1) is 0 Å². The summed E-state index contributed by atoms with van der Waals surface area (Å²) >= 11 is 0. The number of carbonyl (C=O) groups is 1. The van der Waals surface area contributed by atoms with E-state index < -0.39 is 10.0 Å². The van der Waals surface area contributed by atoms with Gasteiger partial charge in [0, 0.05) is 13.1 Å². The van der Waals surface area contributed by atoms with E-state index in [1.165, 1.54) is 18.4 Å². The van der Waals surface area contributed by atoms with Gasteiger partial charge >= 0.3 is 0 Å². The van der Waals surface area contributed by atoms with Crippen molar-refractivity contribution in [1.82, 2.24) is 10.2 Å². The maximum absolute atomic E-state index is 12.6. The van der Waals surface area contributed by atoms with Crippen LogP contribution in [0.4, 0.5) is 5.69 Å². The lowest BCUT2D eigenvalue weighted by molar-refractivity contribution is -0.119. The third-order valence-electron chi connectivity index (χ3n) is 5.91. The third kappa shape index (κ3) is 7.31. The standard InChI is InChI=1S/C27H31N3O4S/c1-35(32,33)30(24-13-15-26(16-14-24)34-25-7-3-2-4-8-25)21-27(31)28-19-22-9-11-23(12-10-22)20-29-17-5-6-18-29/h2-4,7-16H,5-6,17-21H2,1H3,(H,28,31). The van der Waals surface area contributed by atoms with Crippen molar-refractivity contribution in [2.24, 2.45) is 0 Å². The number of anilines is 1. The Hall–Kier alpha value is -3.36. The zero-order valence-corrected chi connectivity index (χ0v) is 20.7. The zero-order valence-electron chi connectivity index (χ0n) is 19.9. The summed E-state index contributed by atoms with van der Waals surface area (Å²) in [5, 5.41) is 2.83. The number of nitrogens with zero attached hydrogens (tertiary/aromatic N) is 2. The van der Waals surface area contributed by atoms with Gasteiger partial charge in [-0.15, -0.1) is 0 Å². The molecule has 0 saturated carbocycles. The molecule has 3 aromatic rings. The minimum absolute atomic E-state index is 0.301. The van der Waals surface area contributed by atoms with Gasteiger partial charge < -0.3 is 10.1 Å². The quantitative estimate of drug-likeness (QED) is 0.459. The Kier molecular flexibility index (Phi) is 8.05. The monoisotopic (exact) mass is 493 g/mol. The van der Waals surface area contributed by atoms with E-state index in [1.807, 2.05) is 42.5 Å². The van der Waals surface area contributed by atoms with E-state index in [9.17, 15) is 13.2 Å². The molecular formula is C27H31N3O4S. The molecule has 3 aromatic carbocycles. The van der Waals surface area contributed by atoms with Crippen molar-refractivity contribution in [3.05, 3.63) is 90.0 Å². The number of nitrogens with one attached hydrogen (secondary N) is 1. The van der Waals surface area contributed by atoms with Gasteiger partial charge in [-0.1, -0.05) is 42.5 Å². The SMILES string of the molecule is CS(=O)(=O)N(CC(=O)NCc1ccc(CN2CCCC2)cc1)c1ccc(Oc2ccccc2)cc1. The van der Waals surface area contributed by atoms with Crippen LogP contribution in [0.25, 0.3) is 0 Å². The summed E-state index contributed by atoms with van der Waals surface area (Å²) in [6, 6.07) is 24.1. The average Bonchev–Trinajstić information content (AvgIpc) is 3.36. The molecule has 1 fully saturated rings. The molecule has 7 nitrogen and oxygen atoms in total. The summed E-state index contributed by atoms with van der Waals surface area (Å²) in [4.78, 5) is 15.0. The normalized spacial score (nSPS) is 14.0. The number of para-hydroxylation sites is 1. The number of amides is 1. The molecule has 0 aromatic heterocycles. The number of sulfonamides is 1. The van der Waals surface area contributed by atoms with Crippen LogP contribution in [-0.4, -0.2) is 45.1 Å². The summed E-state index contributed by atoms with van der Waals surface area (Å²) in [5.41, 5.74) is 2.62. The molecule has 0 spiro atoms. The molecule has 8 heteroatoms. The van der Waals surface area contributed by atoms with E-state index in [4.69, 9.17) is 4.74 Å². The van der Waals surface area contributed by atoms with Crippen molar-refractivity contribution in [3.8, 4) is 11.5 Å². The summed E-state index contributed by atoms with van der Waals surface area (Å²) in [6.07, 6.45) is 3.62. The first-order chi connectivity index (χ1) is 16.9. The molecule has 0 unspecified atom stereocenters. The average molecular weight is 494 g/mol. The molecule has 0 aliphatic carbocycles. The van der Waals surface area contributed by atoms with Crippen molar-refractivity contribution >= 4 is 21.6 Å². The summed E-state index contributed by atoms with van der Waals surface area (Å²) < 4.78 is 31.7. The topological polar surface area (TPSA) is 79.0 Å². The molecule has 184 valence electrons. The summed E-state index contributed by atoms with van der Waals surface area (Å²) in [5.74, 6) is 0.885. The van der Waals surface area contributed by atoms with Gasteiger partial charge in [0.15, 0.2) is 0 Å². The van der Waals surface area contributed by atoms with Crippen LogP contribution in [0.3, 0.4) is 0 Å². The minimum Gasteiger partial charge on any atom is -0.457 e. The van der Waals surface area contributed by atoms with E-state index in [0.717, 1.165) is 35.8 Å². The maximum Gasteiger partial charge on any atom is 0.241 e. The van der Waals surface area contributed by atoms with Gasteiger partial charge in [-0.25, -0.2) is 8.42 Å². The van der Waals surface area contributed by atoms with Crippen LogP contribution in [0.2, 0.25) is 0 Å². The van der Waals surface area contributed by atoms with E-state index >= 15 is 0 Å². The van der Waals surface area contributed by atoms with Crippen molar-refractivity contribution < 1.29 is 17.9 Å². The molecule has 1 heterocycles. The van der Waals surface area contributed by atoms with Crippen LogP contribution in [0.5, 0.6) is 11.5 Å². The first kappa shape index (κ1) is 24.8. The van der Waals surface area contributed by atoms with Crippen LogP contribution in [0.1, 0.15) is 24.0 Å². The molecular weight excluding hydrogens is 462 g/mol. The fourth-order valence-corrected chi connectivity index (χ4v) is 4.91. The highest BCUT2D eigenvalue weighted by molar-refractivity contribution is 7.92. The van der Waals surface area contributed by atoms with Crippen LogP contribution in [-0.2, 0) is 27.9 Å². The highest BCUT2D eigenvalue weighted by Gasteiger charge is 2.21. The predicted molar refractivity (Wildman–Crippen MR) is 138 cm³/mol. The number of rotatable bonds is 10. The largest absolute Gasteiger partial charge is 0.457 e. The molecule has 4 rings (SSSR count). The minimum atomic E-state index is -3.66. The van der Waals surface area contributed by atoms with Gasteiger partial charge in [0.2, 0.25) is 15.9 Å². The van der Waals surface area contributed by atoms with Gasteiger partial charge in [0.25, 0.3) is 0 Å². The number of benzene rings is 3. The molecule has 1 amide bonds. The second kappa shape index (κ2) is 11.4. The second-order valence-corrected chi connectivity index (χ2v) is 10.7. The van der Waals surface area contributed by atoms with E-state index in [-0.39, 0.29) is 12.5 Å². The van der Waals surface area contributed by atoms with Crippen LogP contribution >= 0.6 is 0 Å². The van der Waals surface area contributed by atoms with Gasteiger partial charge in [-0.05, 0) is 73.5 Å². The molecule has 0 radical (unpaired) electrons. The highest BCUT2D eigenvalue weighted by atomic mass is 32.2. The maximum atomic E-state index is 12.6. The fourth-order valence-electron chi connectivity index (χ4n) is 4.05. The van der Waals surface area contributed by atoms with Crippen molar-refractivity contribution in [1.29, 1.82) is 0 Å². The molecule has 0 atom stereocenters. The Labute approximate surface area is 207 Å². The van der Waals surface area contributed by atoms with Gasteiger partial charge in [-0.3, -0.25) is 14.0 Å². The third-order valence-corrected chi connectivity index (χ3v) is 7.05. The van der Waals surface area contributed by atoms with E-state index in [2.05, 4.69) is 22.3 Å². The van der Waals surface area contributed by atoms with E-state index in [1.54, 1.807) is 24.3 Å². The Morgan fingerprint density at radius 3 is 2.11 bits per heavy atom. The summed E-state index contributed by atoms with van der Waals surface area (Å²) in [7, 11) is -3.66. The Bertz CT molecular complexity index is 1210. The Balaban J connectivity index is 1.33. The number of hydrogen-bond acceptors (Lipinski definition) is 5. The summed E-state index contributed by atoms with van der Waals surface area (Å²) in [6.45, 7) is 3.29. The van der Waals surface area contributed by atoms with Gasteiger partial charge in [-0.2, -0.15) is 0 Å². The van der Waals surface area contributed by atoms with Crippen molar-refractivity contribution in [3.63, 3.8) is 0 Å². The molecule has 0 bridgehead atoms. The van der Waals surface area contributed by atoms with Crippen molar-refractivity contribution in [2.75, 3.05) is 30.2 Å². The van der Waals surface area contributed by atoms with E-state index in [0.29, 0.717) is 23.7 Å². The van der Waals surface area contributed by atoms with Gasteiger partial charge in [0.1, 0.15) is 18.0 Å². The van der Waals surface area contributed by atoms with Gasteiger partial charge in [0.05, 0.1) is 11.9 Å². The molecule has 1 saturated heterocycles. The number of carbonyl (C=O) groups excluding carboxylic acids is 1. The number of hydrogen-bond donors (Lipinski definition) is 1. The molecule has 1 N–H and O–H groups in total. The Morgan fingerprint density at radius 1 is 0.886 bits per heavy atom. The molecule has 1 aliphatic rings. The second-order valence-electron chi connectivity index (χ2n) is 8.76. The first-order valence-corrected chi connectivity index (χ1v) is 13.6. The first-order valence-electron chi connectivity index (χ1n) is 11.7. The lowest BCUT2D eigenvalue weighted by Gasteiger charge is -2.22. The fraction of sp³-hybridized carbons (Fsp3) is 0.296. The zero-order chi connectivity index (χ0) is 24.7. The van der Waals surface area contributed by atoms with Crippen LogP contribution < -0.4 is 14.4 Å². The smallest absolute Gasteiger partial charge is 0.241 e. The number of likely N-dealkylation sites (tertiary alicyclic amines) is 1. The number of ether oxygens (including phenoxy) is 1.